The molecule has 8 heteroatoms. The number of aliphatic carboxylic acids is 2. The topological polar surface area (TPSA) is 112 Å². The number of carbonyl (C=O) groups is 2. The first-order valence-corrected chi connectivity index (χ1v) is 17.2. The SMILES string of the molecule is CCOC(Cc1ccc(OCCCc2ccc3c(c2)Cc2cc(CCCOc4ccc(C[C@H](OCC)C(=O)O)cc4)ccc2-3)cc1)C(=O)O. The second-order valence-electron chi connectivity index (χ2n) is 12.3. The fraction of sp³-hybridized carbons (Fsp3) is 0.366. The largest absolute Gasteiger partial charge is 0.494 e. The Kier molecular flexibility index (Phi) is 12.8. The Morgan fingerprint density at radius 3 is 1.35 bits per heavy atom. The van der Waals surface area contributed by atoms with Gasteiger partial charge in [-0.25, -0.2) is 9.59 Å². The maximum absolute atomic E-state index is 11.3. The van der Waals surface area contributed by atoms with Crippen molar-refractivity contribution in [3.05, 3.63) is 118 Å². The smallest absolute Gasteiger partial charge is 0.333 e. The van der Waals surface area contributed by atoms with E-state index in [0.29, 0.717) is 39.3 Å². The molecule has 4 aromatic carbocycles. The van der Waals surface area contributed by atoms with Crippen molar-refractivity contribution >= 4 is 11.9 Å². The maximum atomic E-state index is 11.3. The van der Waals surface area contributed by atoms with Crippen LogP contribution in [-0.4, -0.2) is 60.8 Å². The molecule has 0 saturated carbocycles. The molecule has 0 spiro atoms. The summed E-state index contributed by atoms with van der Waals surface area (Å²) in [5, 5.41) is 18.6. The molecule has 258 valence electrons. The minimum atomic E-state index is -0.949. The number of carboxylic acid groups (broad SMARTS) is 2. The molecule has 0 amide bonds. The van der Waals surface area contributed by atoms with Gasteiger partial charge in [-0.3, -0.25) is 0 Å². The van der Waals surface area contributed by atoms with Crippen LogP contribution in [0.15, 0.2) is 84.9 Å². The van der Waals surface area contributed by atoms with Gasteiger partial charge in [0.25, 0.3) is 0 Å². The van der Waals surface area contributed by atoms with Crippen LogP contribution in [0.25, 0.3) is 11.1 Å². The number of fused-ring (bicyclic) bond motifs is 3. The summed E-state index contributed by atoms with van der Waals surface area (Å²) in [6.07, 6.45) is 3.58. The number of rotatable bonds is 20. The molecule has 1 unspecified atom stereocenters. The van der Waals surface area contributed by atoms with Crippen LogP contribution in [0.1, 0.15) is 60.1 Å². The highest BCUT2D eigenvalue weighted by molar-refractivity contribution is 5.77. The molecule has 8 nitrogen and oxygen atoms in total. The molecule has 0 aliphatic heterocycles. The Morgan fingerprint density at radius 1 is 0.592 bits per heavy atom. The second-order valence-corrected chi connectivity index (χ2v) is 12.3. The van der Waals surface area contributed by atoms with Gasteiger partial charge in [-0.15, -0.1) is 0 Å². The lowest BCUT2D eigenvalue weighted by atomic mass is 10.00. The van der Waals surface area contributed by atoms with Gasteiger partial charge in [-0.2, -0.15) is 0 Å². The van der Waals surface area contributed by atoms with E-state index < -0.39 is 24.1 Å². The molecule has 0 heterocycles. The van der Waals surface area contributed by atoms with E-state index in [4.69, 9.17) is 18.9 Å². The van der Waals surface area contributed by atoms with Gasteiger partial charge in [0, 0.05) is 26.1 Å². The van der Waals surface area contributed by atoms with Gasteiger partial charge in [0.15, 0.2) is 12.2 Å². The van der Waals surface area contributed by atoms with Gasteiger partial charge in [0.2, 0.25) is 0 Å². The third-order valence-electron chi connectivity index (χ3n) is 8.74. The van der Waals surface area contributed by atoms with Crippen molar-refractivity contribution in [1.82, 2.24) is 0 Å². The minimum absolute atomic E-state index is 0.328. The quantitative estimate of drug-likeness (QED) is 0.0830. The van der Waals surface area contributed by atoms with Crippen LogP contribution in [0.2, 0.25) is 0 Å². The normalized spacial score (nSPS) is 12.9. The molecule has 2 atom stereocenters. The summed E-state index contributed by atoms with van der Waals surface area (Å²) < 4.78 is 22.5. The number of ether oxygens (including phenoxy) is 4. The van der Waals surface area contributed by atoms with Crippen molar-refractivity contribution in [3.63, 3.8) is 0 Å². The molecular formula is C41H46O8. The second kappa shape index (κ2) is 17.7. The maximum Gasteiger partial charge on any atom is 0.333 e. The van der Waals surface area contributed by atoms with Gasteiger partial charge in [0.1, 0.15) is 11.5 Å². The van der Waals surface area contributed by atoms with Crippen molar-refractivity contribution in [3.8, 4) is 22.6 Å². The van der Waals surface area contributed by atoms with Gasteiger partial charge in [-0.05, 0) is 115 Å². The van der Waals surface area contributed by atoms with Gasteiger partial charge in [0.05, 0.1) is 13.2 Å². The van der Waals surface area contributed by atoms with Gasteiger partial charge in [-0.1, -0.05) is 60.7 Å². The van der Waals surface area contributed by atoms with Crippen LogP contribution in [0.3, 0.4) is 0 Å². The first kappa shape index (κ1) is 35.6. The molecule has 0 bridgehead atoms. The summed E-state index contributed by atoms with van der Waals surface area (Å²) in [6, 6.07) is 28.8. The Morgan fingerprint density at radius 2 is 0.980 bits per heavy atom. The van der Waals surface area contributed by atoms with Crippen molar-refractivity contribution in [2.24, 2.45) is 0 Å². The van der Waals surface area contributed by atoms with E-state index in [0.717, 1.165) is 54.7 Å². The standard InChI is InChI=1S/C41H46O8/c1-3-46-38(40(42)43)25-30-9-15-34(16-10-30)48-21-5-7-28-13-19-36-32(23-28)27-33-24-29(14-20-37(33)36)8-6-22-49-35-17-11-31(12-18-35)26-39(41(44)45)47-4-2/h9-20,23-24,38-39H,3-8,21-22,25-27H2,1-2H3,(H,42,43)(H,44,45)/t38-,39?/m0/s1. The predicted molar refractivity (Wildman–Crippen MR) is 189 cm³/mol. The van der Waals surface area contributed by atoms with Gasteiger partial charge < -0.3 is 29.2 Å². The summed E-state index contributed by atoms with van der Waals surface area (Å²) in [5.41, 5.74) is 9.80. The van der Waals surface area contributed by atoms with Crippen LogP contribution in [0.4, 0.5) is 0 Å². The lowest BCUT2D eigenvalue weighted by Crippen LogP contribution is -2.26. The van der Waals surface area contributed by atoms with E-state index in [1.807, 2.05) is 48.5 Å². The third-order valence-corrected chi connectivity index (χ3v) is 8.74. The average Bonchev–Trinajstić information content (AvgIpc) is 3.46. The van der Waals surface area contributed by atoms with Crippen molar-refractivity contribution in [2.45, 2.75) is 71.0 Å². The summed E-state index contributed by atoms with van der Waals surface area (Å²) in [5.74, 6) is -0.345. The van der Waals surface area contributed by atoms with E-state index in [-0.39, 0.29) is 0 Å². The van der Waals surface area contributed by atoms with E-state index in [1.54, 1.807) is 13.8 Å². The molecule has 2 N–H and O–H groups in total. The number of aryl methyl sites for hydroxylation is 2. The zero-order valence-corrected chi connectivity index (χ0v) is 28.4. The molecule has 0 fully saturated rings. The van der Waals surface area contributed by atoms with Crippen LogP contribution in [0, 0.1) is 0 Å². The molecular weight excluding hydrogens is 620 g/mol. The average molecular weight is 667 g/mol. The van der Waals surface area contributed by atoms with E-state index in [2.05, 4.69) is 36.4 Å². The zero-order chi connectivity index (χ0) is 34.6. The number of benzene rings is 4. The molecule has 5 rings (SSSR count). The minimum Gasteiger partial charge on any atom is -0.494 e. The molecule has 0 radical (unpaired) electrons. The van der Waals surface area contributed by atoms with E-state index in [1.165, 1.54) is 33.4 Å². The molecule has 1 aliphatic carbocycles. The molecule has 4 aromatic rings. The summed E-state index contributed by atoms with van der Waals surface area (Å²) in [6.45, 7) is 5.53. The Bertz CT molecular complexity index is 1550. The highest BCUT2D eigenvalue weighted by Crippen LogP contribution is 2.38. The fourth-order valence-electron chi connectivity index (χ4n) is 6.27. The predicted octanol–water partition coefficient (Wildman–Crippen LogP) is 7.35. The van der Waals surface area contributed by atoms with E-state index >= 15 is 0 Å². The Labute approximate surface area is 288 Å². The Hall–Kier alpha value is -4.66. The zero-order valence-electron chi connectivity index (χ0n) is 28.4. The third kappa shape index (κ3) is 10.2. The number of carboxylic acids is 2. The highest BCUT2D eigenvalue weighted by Gasteiger charge is 2.20. The molecule has 1 aliphatic rings. The monoisotopic (exact) mass is 666 g/mol. The number of hydrogen-bond donors (Lipinski definition) is 2. The fourth-order valence-corrected chi connectivity index (χ4v) is 6.27. The summed E-state index contributed by atoms with van der Waals surface area (Å²) in [7, 11) is 0. The lowest BCUT2D eigenvalue weighted by Gasteiger charge is -2.13. The number of hydrogen-bond acceptors (Lipinski definition) is 6. The van der Waals surface area contributed by atoms with Crippen molar-refractivity contribution in [1.29, 1.82) is 0 Å². The lowest BCUT2D eigenvalue weighted by molar-refractivity contribution is -0.150. The first-order chi connectivity index (χ1) is 23.8. The molecule has 0 aromatic heterocycles. The Balaban J connectivity index is 1.03. The van der Waals surface area contributed by atoms with Crippen molar-refractivity contribution in [2.75, 3.05) is 26.4 Å². The van der Waals surface area contributed by atoms with Gasteiger partial charge >= 0.3 is 11.9 Å². The highest BCUT2D eigenvalue weighted by atomic mass is 16.5. The molecule has 49 heavy (non-hydrogen) atoms. The molecule has 0 saturated heterocycles. The van der Waals surface area contributed by atoms with Crippen LogP contribution in [0.5, 0.6) is 11.5 Å². The first-order valence-electron chi connectivity index (χ1n) is 17.2. The van der Waals surface area contributed by atoms with Crippen LogP contribution < -0.4 is 9.47 Å². The summed E-state index contributed by atoms with van der Waals surface area (Å²) in [4.78, 5) is 22.7. The van der Waals surface area contributed by atoms with E-state index in [9.17, 15) is 19.8 Å². The van der Waals surface area contributed by atoms with Crippen molar-refractivity contribution < 1.29 is 38.7 Å². The summed E-state index contributed by atoms with van der Waals surface area (Å²) >= 11 is 0. The van der Waals surface area contributed by atoms with Crippen LogP contribution >= 0.6 is 0 Å². The van der Waals surface area contributed by atoms with Crippen LogP contribution in [-0.2, 0) is 51.2 Å².